The molecule has 1 N–H and O–H groups in total. The van der Waals surface area contributed by atoms with Gasteiger partial charge in [0.2, 0.25) is 0 Å². The van der Waals surface area contributed by atoms with Crippen LogP contribution in [0.3, 0.4) is 0 Å². The van der Waals surface area contributed by atoms with Gasteiger partial charge in [0.05, 0.1) is 12.2 Å². The van der Waals surface area contributed by atoms with Gasteiger partial charge in [-0.25, -0.2) is 4.79 Å². The van der Waals surface area contributed by atoms with Gasteiger partial charge in [0.25, 0.3) is 0 Å². The normalized spacial score (nSPS) is 19.8. The zero-order chi connectivity index (χ0) is 13.8. The second-order valence-electron chi connectivity index (χ2n) is 4.96. The molecule has 1 saturated heterocycles. The van der Waals surface area contributed by atoms with Crippen LogP contribution in [0.1, 0.15) is 22.3 Å². The van der Waals surface area contributed by atoms with Crippen molar-refractivity contribution in [2.45, 2.75) is 13.0 Å². The minimum Gasteiger partial charge on any atom is -0.478 e. The van der Waals surface area contributed by atoms with Crippen LogP contribution >= 0.6 is 15.9 Å². The number of rotatable bonds is 5. The molecule has 1 atom stereocenters. The number of nitrogens with zero attached hydrogens (tertiary/aromatic N) is 1. The number of carboxylic acid groups (broad SMARTS) is 1. The highest BCUT2D eigenvalue weighted by Gasteiger charge is 2.22. The van der Waals surface area contributed by atoms with E-state index in [0.717, 1.165) is 36.3 Å². The van der Waals surface area contributed by atoms with E-state index in [4.69, 9.17) is 9.84 Å². The molecule has 1 aliphatic rings. The Morgan fingerprint density at radius 2 is 2.37 bits per heavy atom. The molecule has 0 aliphatic carbocycles. The van der Waals surface area contributed by atoms with Gasteiger partial charge in [-0.1, -0.05) is 22.0 Å². The predicted molar refractivity (Wildman–Crippen MR) is 76.4 cm³/mol. The summed E-state index contributed by atoms with van der Waals surface area (Å²) in [4.78, 5) is 13.3. The maximum absolute atomic E-state index is 10.9. The van der Waals surface area contributed by atoms with E-state index < -0.39 is 5.97 Å². The lowest BCUT2D eigenvalue weighted by atomic mass is 10.1. The summed E-state index contributed by atoms with van der Waals surface area (Å²) in [5, 5.41) is 8.93. The molecule has 1 unspecified atom stereocenters. The molecule has 1 aromatic rings. The molecule has 0 amide bonds. The van der Waals surface area contributed by atoms with E-state index in [1.165, 1.54) is 6.42 Å². The lowest BCUT2D eigenvalue weighted by Crippen LogP contribution is -2.21. The van der Waals surface area contributed by atoms with Crippen LogP contribution < -0.4 is 0 Å². The van der Waals surface area contributed by atoms with E-state index in [1.807, 2.05) is 6.07 Å². The Morgan fingerprint density at radius 1 is 1.58 bits per heavy atom. The summed E-state index contributed by atoms with van der Waals surface area (Å²) < 4.78 is 6.05. The van der Waals surface area contributed by atoms with Crippen molar-refractivity contribution in [2.75, 3.05) is 26.8 Å². The Hall–Kier alpha value is -0.910. The van der Waals surface area contributed by atoms with Crippen molar-refractivity contribution >= 4 is 21.9 Å². The van der Waals surface area contributed by atoms with Gasteiger partial charge in [0.1, 0.15) is 0 Å². The van der Waals surface area contributed by atoms with Crippen LogP contribution in [0.15, 0.2) is 22.7 Å². The molecule has 4 nitrogen and oxygen atoms in total. The van der Waals surface area contributed by atoms with Crippen LogP contribution in [0.4, 0.5) is 0 Å². The largest absolute Gasteiger partial charge is 0.478 e. The maximum Gasteiger partial charge on any atom is 0.335 e. The average Bonchev–Trinajstić information content (AvgIpc) is 2.79. The van der Waals surface area contributed by atoms with Gasteiger partial charge >= 0.3 is 5.97 Å². The van der Waals surface area contributed by atoms with E-state index in [0.29, 0.717) is 11.5 Å². The SMILES string of the molecule is COCC1CCN(Cc2ccc(C(=O)O)cc2Br)C1. The van der Waals surface area contributed by atoms with E-state index in [9.17, 15) is 4.79 Å². The van der Waals surface area contributed by atoms with Gasteiger partial charge in [-0.3, -0.25) is 4.90 Å². The third-order valence-corrected chi connectivity index (χ3v) is 4.20. The first-order valence-corrected chi connectivity index (χ1v) is 7.12. The predicted octanol–water partition coefficient (Wildman–Crippen LogP) is 2.62. The molecule has 0 spiro atoms. The van der Waals surface area contributed by atoms with Gasteiger partial charge in [0.15, 0.2) is 0 Å². The van der Waals surface area contributed by atoms with Gasteiger partial charge in [-0.05, 0) is 36.6 Å². The number of carbonyl (C=O) groups is 1. The minimum absolute atomic E-state index is 0.314. The fraction of sp³-hybridized carbons (Fsp3) is 0.500. The summed E-state index contributed by atoms with van der Waals surface area (Å²) in [5.41, 5.74) is 1.44. The van der Waals surface area contributed by atoms with E-state index in [-0.39, 0.29) is 0 Å². The van der Waals surface area contributed by atoms with Gasteiger partial charge in [-0.15, -0.1) is 0 Å². The standard InChI is InChI=1S/C14H18BrNO3/c1-19-9-10-4-5-16(7-10)8-12-3-2-11(14(17)18)6-13(12)15/h2-3,6,10H,4-5,7-9H2,1H3,(H,17,18). The lowest BCUT2D eigenvalue weighted by molar-refractivity contribution is 0.0697. The molecule has 0 aromatic heterocycles. The van der Waals surface area contributed by atoms with Crippen LogP contribution in [-0.4, -0.2) is 42.8 Å². The fourth-order valence-electron chi connectivity index (χ4n) is 2.48. The molecule has 19 heavy (non-hydrogen) atoms. The Morgan fingerprint density at radius 3 is 3.00 bits per heavy atom. The first kappa shape index (κ1) is 14.5. The molecule has 1 heterocycles. The first-order valence-electron chi connectivity index (χ1n) is 6.33. The number of aromatic carboxylic acids is 1. The molecule has 2 rings (SSSR count). The van der Waals surface area contributed by atoms with Crippen molar-refractivity contribution < 1.29 is 14.6 Å². The Kier molecular flexibility index (Phi) is 4.96. The highest BCUT2D eigenvalue weighted by Crippen LogP contribution is 2.24. The summed E-state index contributed by atoms with van der Waals surface area (Å²) in [6.07, 6.45) is 1.17. The summed E-state index contributed by atoms with van der Waals surface area (Å²) in [7, 11) is 1.74. The van der Waals surface area contributed by atoms with Crippen LogP contribution in [0.5, 0.6) is 0 Å². The smallest absolute Gasteiger partial charge is 0.335 e. The number of hydrogen-bond donors (Lipinski definition) is 1. The fourth-order valence-corrected chi connectivity index (χ4v) is 2.98. The Balaban J connectivity index is 1.98. The molecular formula is C14H18BrNO3. The first-order chi connectivity index (χ1) is 9.10. The zero-order valence-corrected chi connectivity index (χ0v) is 12.5. The second kappa shape index (κ2) is 6.50. The number of hydrogen-bond acceptors (Lipinski definition) is 3. The van der Waals surface area contributed by atoms with Gasteiger partial charge < -0.3 is 9.84 Å². The molecule has 104 valence electrons. The average molecular weight is 328 g/mol. The molecule has 1 aliphatic heterocycles. The Bertz CT molecular complexity index is 464. The number of likely N-dealkylation sites (tertiary alicyclic amines) is 1. The number of benzene rings is 1. The third-order valence-electron chi connectivity index (χ3n) is 3.47. The summed E-state index contributed by atoms with van der Waals surface area (Å²) in [5.74, 6) is -0.282. The molecule has 0 saturated carbocycles. The molecule has 1 aromatic carbocycles. The molecule has 1 fully saturated rings. The monoisotopic (exact) mass is 327 g/mol. The minimum atomic E-state index is -0.895. The van der Waals surface area contributed by atoms with Crippen molar-refractivity contribution in [2.24, 2.45) is 5.92 Å². The molecule has 5 heteroatoms. The number of carboxylic acids is 1. The van der Waals surface area contributed by atoms with Crippen molar-refractivity contribution in [3.8, 4) is 0 Å². The zero-order valence-electron chi connectivity index (χ0n) is 10.9. The van der Waals surface area contributed by atoms with E-state index in [2.05, 4.69) is 20.8 Å². The third kappa shape index (κ3) is 3.78. The van der Waals surface area contributed by atoms with Crippen molar-refractivity contribution in [3.05, 3.63) is 33.8 Å². The summed E-state index contributed by atoms with van der Waals surface area (Å²) in [6.45, 7) is 3.78. The topological polar surface area (TPSA) is 49.8 Å². The number of halogens is 1. The van der Waals surface area contributed by atoms with Crippen LogP contribution in [0, 0.1) is 5.92 Å². The molecule has 0 bridgehead atoms. The van der Waals surface area contributed by atoms with Crippen molar-refractivity contribution in [3.63, 3.8) is 0 Å². The quantitative estimate of drug-likeness (QED) is 0.903. The molecule has 0 radical (unpaired) electrons. The van der Waals surface area contributed by atoms with Crippen LogP contribution in [0.25, 0.3) is 0 Å². The summed E-state index contributed by atoms with van der Waals surface area (Å²) >= 11 is 3.45. The number of ether oxygens (including phenoxy) is 1. The van der Waals surface area contributed by atoms with Crippen molar-refractivity contribution in [1.82, 2.24) is 4.90 Å². The highest BCUT2D eigenvalue weighted by atomic mass is 79.9. The second-order valence-corrected chi connectivity index (χ2v) is 5.81. The molecular weight excluding hydrogens is 310 g/mol. The maximum atomic E-state index is 10.9. The highest BCUT2D eigenvalue weighted by molar-refractivity contribution is 9.10. The van der Waals surface area contributed by atoms with Crippen LogP contribution in [0.2, 0.25) is 0 Å². The number of methoxy groups -OCH3 is 1. The lowest BCUT2D eigenvalue weighted by Gasteiger charge is -2.17. The van der Waals surface area contributed by atoms with E-state index >= 15 is 0 Å². The van der Waals surface area contributed by atoms with Gasteiger partial charge in [0, 0.05) is 24.7 Å². The summed E-state index contributed by atoms with van der Waals surface area (Å²) in [6, 6.07) is 5.21. The Labute approximate surface area is 121 Å². The van der Waals surface area contributed by atoms with Crippen molar-refractivity contribution in [1.29, 1.82) is 0 Å². The van der Waals surface area contributed by atoms with Crippen LogP contribution in [-0.2, 0) is 11.3 Å². The van der Waals surface area contributed by atoms with E-state index in [1.54, 1.807) is 19.2 Å². The van der Waals surface area contributed by atoms with Gasteiger partial charge in [-0.2, -0.15) is 0 Å².